The molecule has 0 aromatic heterocycles. The summed E-state index contributed by atoms with van der Waals surface area (Å²) in [5.74, 6) is 1.34. The van der Waals surface area contributed by atoms with E-state index in [4.69, 9.17) is 9.47 Å². The summed E-state index contributed by atoms with van der Waals surface area (Å²) in [4.78, 5) is 12.2. The molecule has 1 aliphatic rings. The van der Waals surface area contributed by atoms with E-state index in [0.717, 1.165) is 15.8 Å². The molecule has 3 rings (SSSR count). The summed E-state index contributed by atoms with van der Waals surface area (Å²) in [5.41, 5.74) is 1.59. The number of rotatable bonds is 3. The maximum Gasteiger partial charge on any atom is 0.251 e. The van der Waals surface area contributed by atoms with Crippen LogP contribution in [0.2, 0.25) is 0 Å². The lowest BCUT2D eigenvalue weighted by molar-refractivity contribution is 0.0939. The first kappa shape index (κ1) is 14.9. The molecule has 5 heteroatoms. The Kier molecular flexibility index (Phi) is 4.34. The summed E-state index contributed by atoms with van der Waals surface area (Å²) >= 11 is 3.54. The monoisotopic (exact) mass is 361 g/mol. The molecule has 4 nitrogen and oxygen atoms in total. The number of amides is 1. The van der Waals surface area contributed by atoms with Gasteiger partial charge in [-0.25, -0.2) is 0 Å². The van der Waals surface area contributed by atoms with Crippen molar-refractivity contribution in [1.82, 2.24) is 5.32 Å². The second-order valence-electron chi connectivity index (χ2n) is 5.08. The number of halogens is 1. The van der Waals surface area contributed by atoms with Crippen LogP contribution in [0.4, 0.5) is 0 Å². The zero-order chi connectivity index (χ0) is 15.5. The second-order valence-corrected chi connectivity index (χ2v) is 5.93. The minimum Gasteiger partial charge on any atom is -0.486 e. The fraction of sp³-hybridized carbons (Fsp3) is 0.235. The van der Waals surface area contributed by atoms with E-state index >= 15 is 0 Å². The largest absolute Gasteiger partial charge is 0.486 e. The first-order valence-corrected chi connectivity index (χ1v) is 7.89. The van der Waals surface area contributed by atoms with Gasteiger partial charge in [-0.15, -0.1) is 0 Å². The Bertz CT molecular complexity index is 688. The minimum absolute atomic E-state index is 0.102. The molecule has 1 atom stereocenters. The van der Waals surface area contributed by atoms with Crippen LogP contribution in [0, 0.1) is 0 Å². The lowest BCUT2D eigenvalue weighted by Crippen LogP contribution is -2.27. The van der Waals surface area contributed by atoms with E-state index in [-0.39, 0.29) is 11.9 Å². The number of fused-ring (bicyclic) bond motifs is 1. The van der Waals surface area contributed by atoms with Gasteiger partial charge in [0.25, 0.3) is 5.91 Å². The Hall–Kier alpha value is -2.01. The van der Waals surface area contributed by atoms with Crippen molar-refractivity contribution in [3.8, 4) is 11.5 Å². The van der Waals surface area contributed by atoms with Gasteiger partial charge >= 0.3 is 0 Å². The van der Waals surface area contributed by atoms with E-state index in [2.05, 4.69) is 21.2 Å². The lowest BCUT2D eigenvalue weighted by atomic mass is 10.1. The lowest BCUT2D eigenvalue weighted by Gasteiger charge is -2.22. The van der Waals surface area contributed by atoms with Crippen molar-refractivity contribution in [3.05, 3.63) is 58.1 Å². The van der Waals surface area contributed by atoms with Crippen LogP contribution < -0.4 is 14.8 Å². The molecule has 1 heterocycles. The first-order chi connectivity index (χ1) is 10.6. The fourth-order valence-corrected chi connectivity index (χ4v) is 3.02. The van der Waals surface area contributed by atoms with Crippen molar-refractivity contribution < 1.29 is 14.3 Å². The van der Waals surface area contributed by atoms with Gasteiger partial charge in [0.2, 0.25) is 0 Å². The number of ether oxygens (including phenoxy) is 2. The molecular formula is C17H16BrNO3. The smallest absolute Gasteiger partial charge is 0.251 e. The summed E-state index contributed by atoms with van der Waals surface area (Å²) < 4.78 is 12.0. The van der Waals surface area contributed by atoms with Gasteiger partial charge in [0.15, 0.2) is 11.5 Å². The molecule has 0 fully saturated rings. The average Bonchev–Trinajstić information content (AvgIpc) is 2.54. The van der Waals surface area contributed by atoms with Crippen molar-refractivity contribution in [3.63, 3.8) is 0 Å². The molecule has 0 saturated heterocycles. The third-order valence-corrected chi connectivity index (χ3v) is 4.20. The van der Waals surface area contributed by atoms with Gasteiger partial charge in [0.1, 0.15) is 13.2 Å². The van der Waals surface area contributed by atoms with E-state index in [9.17, 15) is 4.79 Å². The van der Waals surface area contributed by atoms with Crippen LogP contribution in [0.5, 0.6) is 11.5 Å². The summed E-state index contributed by atoms with van der Waals surface area (Å²) in [7, 11) is 0. The quantitative estimate of drug-likeness (QED) is 0.906. The summed E-state index contributed by atoms with van der Waals surface area (Å²) in [6.45, 7) is 3.04. The van der Waals surface area contributed by atoms with Crippen LogP contribution in [0.25, 0.3) is 0 Å². The van der Waals surface area contributed by atoms with Crippen LogP contribution in [0.3, 0.4) is 0 Å². The topological polar surface area (TPSA) is 47.6 Å². The molecule has 1 amide bonds. The summed E-state index contributed by atoms with van der Waals surface area (Å²) in [5, 5.41) is 2.99. The highest BCUT2D eigenvalue weighted by atomic mass is 79.9. The minimum atomic E-state index is -0.155. The molecule has 0 unspecified atom stereocenters. The van der Waals surface area contributed by atoms with E-state index in [1.165, 1.54) is 0 Å². The third kappa shape index (κ3) is 3.09. The van der Waals surface area contributed by atoms with Crippen LogP contribution in [-0.4, -0.2) is 19.1 Å². The van der Waals surface area contributed by atoms with Gasteiger partial charge in [-0.2, -0.15) is 0 Å². The third-order valence-electron chi connectivity index (χ3n) is 3.51. The van der Waals surface area contributed by atoms with Crippen molar-refractivity contribution >= 4 is 21.8 Å². The van der Waals surface area contributed by atoms with E-state index in [1.54, 1.807) is 12.1 Å². The molecule has 2 aromatic carbocycles. The number of hydrogen-bond donors (Lipinski definition) is 1. The molecular weight excluding hydrogens is 346 g/mol. The van der Waals surface area contributed by atoms with E-state index < -0.39 is 0 Å². The number of hydrogen-bond acceptors (Lipinski definition) is 3. The van der Waals surface area contributed by atoms with Gasteiger partial charge in [-0.3, -0.25) is 4.79 Å². The molecule has 2 aromatic rings. The molecule has 114 valence electrons. The molecule has 0 bridgehead atoms. The SMILES string of the molecule is C[C@@H](NC(=O)c1ccccc1)c1cc2c(cc1Br)OCCO2. The number of carbonyl (C=O) groups excluding carboxylic acids is 1. The van der Waals surface area contributed by atoms with Crippen molar-refractivity contribution in [2.75, 3.05) is 13.2 Å². The van der Waals surface area contributed by atoms with Crippen molar-refractivity contribution in [2.45, 2.75) is 13.0 Å². The van der Waals surface area contributed by atoms with Crippen molar-refractivity contribution in [1.29, 1.82) is 0 Å². The summed E-state index contributed by atoms with van der Waals surface area (Å²) in [6, 6.07) is 12.8. The Labute approximate surface area is 137 Å². The first-order valence-electron chi connectivity index (χ1n) is 7.10. The molecule has 0 saturated carbocycles. The van der Waals surface area contributed by atoms with Crippen molar-refractivity contribution in [2.24, 2.45) is 0 Å². The number of nitrogens with one attached hydrogen (secondary N) is 1. The predicted octanol–water partition coefficient (Wildman–Crippen LogP) is 3.71. The predicted molar refractivity (Wildman–Crippen MR) is 87.5 cm³/mol. The van der Waals surface area contributed by atoms with Gasteiger partial charge in [0, 0.05) is 10.0 Å². The Morgan fingerprint density at radius 2 is 1.77 bits per heavy atom. The molecule has 22 heavy (non-hydrogen) atoms. The van der Waals surface area contributed by atoms with Crippen LogP contribution in [0.1, 0.15) is 28.9 Å². The van der Waals surface area contributed by atoms with Gasteiger partial charge in [-0.1, -0.05) is 34.1 Å². The van der Waals surface area contributed by atoms with Crippen LogP contribution >= 0.6 is 15.9 Å². The Morgan fingerprint density at radius 3 is 2.45 bits per heavy atom. The molecule has 0 spiro atoms. The maximum absolute atomic E-state index is 12.2. The fourth-order valence-electron chi connectivity index (χ4n) is 2.36. The Morgan fingerprint density at radius 1 is 1.14 bits per heavy atom. The normalized spacial score (nSPS) is 14.3. The standard InChI is InChI=1S/C17H16BrNO3/c1-11(19-17(20)12-5-3-2-4-6-12)13-9-15-16(10-14(13)18)22-8-7-21-15/h2-6,9-11H,7-8H2,1H3,(H,19,20)/t11-/m1/s1. The Balaban J connectivity index is 1.80. The number of carbonyl (C=O) groups is 1. The highest BCUT2D eigenvalue weighted by Gasteiger charge is 2.19. The van der Waals surface area contributed by atoms with E-state index in [1.807, 2.05) is 37.3 Å². The molecule has 0 radical (unpaired) electrons. The van der Waals surface area contributed by atoms with Gasteiger partial charge < -0.3 is 14.8 Å². The van der Waals surface area contributed by atoms with Crippen LogP contribution in [0.15, 0.2) is 46.9 Å². The highest BCUT2D eigenvalue weighted by Crippen LogP contribution is 2.37. The zero-order valence-electron chi connectivity index (χ0n) is 12.1. The highest BCUT2D eigenvalue weighted by molar-refractivity contribution is 9.10. The molecule has 0 aliphatic carbocycles. The second kappa shape index (κ2) is 6.40. The number of benzene rings is 2. The zero-order valence-corrected chi connectivity index (χ0v) is 13.7. The van der Waals surface area contributed by atoms with E-state index in [0.29, 0.717) is 24.5 Å². The van der Waals surface area contributed by atoms with Gasteiger partial charge in [-0.05, 0) is 36.8 Å². The average molecular weight is 362 g/mol. The molecule has 1 aliphatic heterocycles. The molecule has 1 N–H and O–H groups in total. The van der Waals surface area contributed by atoms with Crippen LogP contribution in [-0.2, 0) is 0 Å². The van der Waals surface area contributed by atoms with Gasteiger partial charge in [0.05, 0.1) is 6.04 Å². The maximum atomic E-state index is 12.2. The summed E-state index contributed by atoms with van der Waals surface area (Å²) in [6.07, 6.45) is 0.